The predicted octanol–water partition coefficient (Wildman–Crippen LogP) is 2.97. The average molecular weight is 295 g/mol. The Morgan fingerprint density at radius 1 is 1.40 bits per heavy atom. The number of aliphatic hydroxyl groups is 1. The van der Waals surface area contributed by atoms with E-state index in [1.54, 1.807) is 24.6 Å². The summed E-state index contributed by atoms with van der Waals surface area (Å²) >= 11 is 6.02. The summed E-state index contributed by atoms with van der Waals surface area (Å²) in [5.74, 6) is 0.583. The van der Waals surface area contributed by atoms with Crippen LogP contribution in [0, 0.1) is 0 Å². The molecule has 2 unspecified atom stereocenters. The molecule has 108 valence electrons. The lowest BCUT2D eigenvalue weighted by atomic mass is 10.1. The third-order valence-corrected chi connectivity index (χ3v) is 3.55. The van der Waals surface area contributed by atoms with Crippen molar-refractivity contribution in [1.29, 1.82) is 0 Å². The van der Waals surface area contributed by atoms with E-state index in [1.165, 1.54) is 0 Å². The van der Waals surface area contributed by atoms with Gasteiger partial charge in [0, 0.05) is 18.8 Å². The monoisotopic (exact) mass is 294 g/mol. The van der Waals surface area contributed by atoms with Gasteiger partial charge in [-0.25, -0.2) is 4.98 Å². The van der Waals surface area contributed by atoms with Crippen molar-refractivity contribution in [1.82, 2.24) is 10.3 Å². The molecule has 4 nitrogen and oxygen atoms in total. The summed E-state index contributed by atoms with van der Waals surface area (Å²) in [6.45, 7) is 2.55. The molecule has 0 aliphatic carbocycles. The van der Waals surface area contributed by atoms with E-state index in [-0.39, 0.29) is 6.04 Å². The van der Waals surface area contributed by atoms with Crippen LogP contribution in [0.3, 0.4) is 0 Å². The summed E-state index contributed by atoms with van der Waals surface area (Å²) in [6, 6.07) is 7.69. The Labute approximate surface area is 123 Å². The van der Waals surface area contributed by atoms with Crippen molar-refractivity contribution < 1.29 is 9.52 Å². The highest BCUT2D eigenvalue weighted by atomic mass is 35.5. The highest BCUT2D eigenvalue weighted by Gasteiger charge is 2.12. The molecule has 0 amide bonds. The van der Waals surface area contributed by atoms with Crippen LogP contribution in [0.15, 0.2) is 41.1 Å². The highest BCUT2D eigenvalue weighted by molar-refractivity contribution is 6.30. The van der Waals surface area contributed by atoms with Crippen LogP contribution in [0.5, 0.6) is 0 Å². The number of pyridine rings is 1. The van der Waals surface area contributed by atoms with E-state index in [0.717, 1.165) is 18.4 Å². The summed E-state index contributed by atoms with van der Waals surface area (Å²) in [5.41, 5.74) is 1.05. The molecule has 0 aliphatic heterocycles. The molecule has 2 N–H and O–H groups in total. The minimum absolute atomic E-state index is 0.274. The minimum atomic E-state index is -0.616. The largest absolute Gasteiger partial charge is 0.467 e. The second-order valence-electron chi connectivity index (χ2n) is 4.83. The smallest absolute Gasteiger partial charge is 0.133 e. The molecule has 2 heterocycles. The van der Waals surface area contributed by atoms with Crippen molar-refractivity contribution in [3.8, 4) is 0 Å². The second kappa shape index (κ2) is 7.43. The van der Waals surface area contributed by atoms with Gasteiger partial charge in [0.1, 0.15) is 17.0 Å². The van der Waals surface area contributed by atoms with Gasteiger partial charge in [-0.1, -0.05) is 17.7 Å². The van der Waals surface area contributed by atoms with Crippen LogP contribution in [-0.4, -0.2) is 22.7 Å². The van der Waals surface area contributed by atoms with Crippen molar-refractivity contribution >= 4 is 11.6 Å². The molecule has 0 aromatic carbocycles. The van der Waals surface area contributed by atoms with E-state index in [9.17, 15) is 5.11 Å². The highest BCUT2D eigenvalue weighted by Crippen LogP contribution is 2.15. The topological polar surface area (TPSA) is 58.3 Å². The van der Waals surface area contributed by atoms with E-state index in [4.69, 9.17) is 16.0 Å². The number of aromatic nitrogens is 1. The molecule has 0 radical (unpaired) electrons. The maximum Gasteiger partial charge on any atom is 0.133 e. The first-order valence-corrected chi connectivity index (χ1v) is 7.09. The Balaban J connectivity index is 1.73. The first-order valence-electron chi connectivity index (χ1n) is 6.71. The quantitative estimate of drug-likeness (QED) is 0.771. The molecule has 20 heavy (non-hydrogen) atoms. The van der Waals surface area contributed by atoms with Gasteiger partial charge in [-0.2, -0.15) is 0 Å². The molecule has 2 rings (SSSR count). The van der Waals surface area contributed by atoms with Crippen molar-refractivity contribution in [2.45, 2.75) is 31.9 Å². The fourth-order valence-electron chi connectivity index (χ4n) is 1.97. The second-order valence-corrected chi connectivity index (χ2v) is 5.19. The van der Waals surface area contributed by atoms with E-state index in [1.807, 2.05) is 12.1 Å². The predicted molar refractivity (Wildman–Crippen MR) is 78.7 cm³/mol. The minimum Gasteiger partial charge on any atom is -0.467 e. The molecule has 0 aliphatic rings. The first-order chi connectivity index (χ1) is 9.66. The van der Waals surface area contributed by atoms with Gasteiger partial charge in [0.15, 0.2) is 0 Å². The standard InChI is InChI=1S/C15H19ClN2O2/c1-11(6-7-12-4-2-8-17-15(12)16)18-10-13(19)14-5-3-9-20-14/h2-5,8-9,11,13,18-19H,6-7,10H2,1H3. The van der Waals surface area contributed by atoms with Gasteiger partial charge in [-0.15, -0.1) is 0 Å². The van der Waals surface area contributed by atoms with Crippen LogP contribution in [-0.2, 0) is 6.42 Å². The molecule has 2 aromatic rings. The third-order valence-electron chi connectivity index (χ3n) is 3.21. The average Bonchev–Trinajstić information content (AvgIpc) is 2.98. The first kappa shape index (κ1) is 15.0. The number of hydrogen-bond donors (Lipinski definition) is 2. The van der Waals surface area contributed by atoms with E-state index < -0.39 is 6.10 Å². The Morgan fingerprint density at radius 3 is 2.95 bits per heavy atom. The molecule has 5 heteroatoms. The summed E-state index contributed by atoms with van der Waals surface area (Å²) in [5, 5.41) is 13.8. The van der Waals surface area contributed by atoms with Crippen LogP contribution in [0.1, 0.15) is 30.8 Å². The van der Waals surface area contributed by atoms with Crippen molar-refractivity contribution in [2.24, 2.45) is 0 Å². The number of halogens is 1. The van der Waals surface area contributed by atoms with Gasteiger partial charge in [0.05, 0.1) is 6.26 Å². The van der Waals surface area contributed by atoms with Crippen LogP contribution in [0.25, 0.3) is 0 Å². The summed E-state index contributed by atoms with van der Waals surface area (Å²) in [7, 11) is 0. The van der Waals surface area contributed by atoms with Gasteiger partial charge in [-0.3, -0.25) is 0 Å². The number of aliphatic hydroxyl groups excluding tert-OH is 1. The van der Waals surface area contributed by atoms with E-state index in [2.05, 4.69) is 17.2 Å². The number of nitrogens with zero attached hydrogens (tertiary/aromatic N) is 1. The Bertz CT molecular complexity index is 516. The van der Waals surface area contributed by atoms with Gasteiger partial charge in [0.25, 0.3) is 0 Å². The number of nitrogens with one attached hydrogen (secondary N) is 1. The van der Waals surface area contributed by atoms with E-state index in [0.29, 0.717) is 17.5 Å². The fraction of sp³-hybridized carbons (Fsp3) is 0.400. The van der Waals surface area contributed by atoms with Crippen LogP contribution in [0.2, 0.25) is 5.15 Å². The van der Waals surface area contributed by atoms with E-state index >= 15 is 0 Å². The fourth-order valence-corrected chi connectivity index (χ4v) is 2.19. The summed E-state index contributed by atoms with van der Waals surface area (Å²) in [4.78, 5) is 4.06. The molecule has 2 atom stereocenters. The summed E-state index contributed by atoms with van der Waals surface area (Å²) in [6.07, 6.45) is 4.42. The van der Waals surface area contributed by atoms with Crippen LogP contribution >= 0.6 is 11.6 Å². The Morgan fingerprint density at radius 2 is 2.25 bits per heavy atom. The molecule has 0 saturated carbocycles. The molecule has 0 fully saturated rings. The lowest BCUT2D eigenvalue weighted by Crippen LogP contribution is -2.30. The lowest BCUT2D eigenvalue weighted by Gasteiger charge is -2.16. The lowest BCUT2D eigenvalue weighted by molar-refractivity contribution is 0.143. The Hall–Kier alpha value is -1.36. The Kier molecular flexibility index (Phi) is 5.59. The van der Waals surface area contributed by atoms with Gasteiger partial charge in [0.2, 0.25) is 0 Å². The van der Waals surface area contributed by atoms with Crippen LogP contribution in [0.4, 0.5) is 0 Å². The molecule has 0 bridgehead atoms. The van der Waals surface area contributed by atoms with Crippen molar-refractivity contribution in [3.05, 3.63) is 53.2 Å². The van der Waals surface area contributed by atoms with Crippen LogP contribution < -0.4 is 5.32 Å². The number of aryl methyl sites for hydroxylation is 1. The molecule has 0 saturated heterocycles. The summed E-state index contributed by atoms with van der Waals surface area (Å²) < 4.78 is 5.16. The maximum absolute atomic E-state index is 9.90. The number of hydrogen-bond acceptors (Lipinski definition) is 4. The number of furan rings is 1. The molecule has 0 spiro atoms. The third kappa shape index (κ3) is 4.34. The molecular weight excluding hydrogens is 276 g/mol. The van der Waals surface area contributed by atoms with Crippen molar-refractivity contribution in [2.75, 3.05) is 6.54 Å². The normalized spacial score (nSPS) is 14.2. The zero-order valence-electron chi connectivity index (χ0n) is 11.4. The molecular formula is C15H19ClN2O2. The van der Waals surface area contributed by atoms with Gasteiger partial charge < -0.3 is 14.8 Å². The maximum atomic E-state index is 9.90. The number of rotatable bonds is 7. The zero-order valence-corrected chi connectivity index (χ0v) is 12.2. The SMILES string of the molecule is CC(CCc1cccnc1Cl)NCC(O)c1ccco1. The zero-order chi connectivity index (χ0) is 14.4. The van der Waals surface area contributed by atoms with Crippen molar-refractivity contribution in [3.63, 3.8) is 0 Å². The molecule has 2 aromatic heterocycles. The van der Waals surface area contributed by atoms with Gasteiger partial charge in [-0.05, 0) is 43.5 Å². The van der Waals surface area contributed by atoms with Gasteiger partial charge >= 0.3 is 0 Å².